The van der Waals surface area contributed by atoms with Crippen LogP contribution in [0.1, 0.15) is 23.5 Å². The second-order valence-corrected chi connectivity index (χ2v) is 5.26. The number of nitrogens with zero attached hydrogens (tertiary/aromatic N) is 1. The number of nitro groups is 1. The minimum absolute atomic E-state index is 0.0407. The molecule has 0 aromatic heterocycles. The first kappa shape index (κ1) is 15.6. The zero-order valence-electron chi connectivity index (χ0n) is 12.6. The zero-order valence-corrected chi connectivity index (χ0v) is 12.6. The van der Waals surface area contributed by atoms with Crippen molar-refractivity contribution >= 4 is 5.69 Å². The molecule has 0 amide bonds. The van der Waals surface area contributed by atoms with E-state index in [2.05, 4.69) is 0 Å². The van der Waals surface area contributed by atoms with Crippen LogP contribution in [0.25, 0.3) is 0 Å². The first-order valence-corrected chi connectivity index (χ1v) is 7.28. The van der Waals surface area contributed by atoms with E-state index in [1.54, 1.807) is 19.2 Å². The fourth-order valence-electron chi connectivity index (χ4n) is 2.59. The van der Waals surface area contributed by atoms with E-state index in [1.165, 1.54) is 12.1 Å². The molecule has 0 saturated carbocycles. The van der Waals surface area contributed by atoms with Gasteiger partial charge in [-0.3, -0.25) is 10.1 Å². The average molecular weight is 315 g/mol. The Bertz CT molecular complexity index is 658. The van der Waals surface area contributed by atoms with Crippen LogP contribution in [0.5, 0.6) is 0 Å². The van der Waals surface area contributed by atoms with Gasteiger partial charge in [-0.1, -0.05) is 30.3 Å². The summed E-state index contributed by atoms with van der Waals surface area (Å²) in [5, 5.41) is 10.7. The van der Waals surface area contributed by atoms with Crippen molar-refractivity contribution < 1.29 is 19.1 Å². The molecule has 6 heteroatoms. The smallest absolute Gasteiger partial charge is 0.269 e. The van der Waals surface area contributed by atoms with Gasteiger partial charge in [0.25, 0.3) is 5.69 Å². The Morgan fingerprint density at radius 1 is 1.09 bits per heavy atom. The molecule has 0 unspecified atom stereocenters. The SMILES string of the molecule is CO[C@H]1CO[C@H](c2ccc([N+](=O)[O-])cc2)O[C@@H]1c1ccccc1. The molecule has 0 N–H and O–H groups in total. The molecule has 0 bridgehead atoms. The summed E-state index contributed by atoms with van der Waals surface area (Å²) in [6.07, 6.45) is -1.03. The zero-order chi connectivity index (χ0) is 16.2. The molecule has 0 radical (unpaired) electrons. The number of methoxy groups -OCH3 is 1. The van der Waals surface area contributed by atoms with Crippen LogP contribution in [0.15, 0.2) is 54.6 Å². The van der Waals surface area contributed by atoms with E-state index in [9.17, 15) is 10.1 Å². The fourth-order valence-corrected chi connectivity index (χ4v) is 2.59. The molecule has 3 atom stereocenters. The highest BCUT2D eigenvalue weighted by atomic mass is 16.7. The molecule has 0 spiro atoms. The van der Waals surface area contributed by atoms with Gasteiger partial charge >= 0.3 is 0 Å². The highest BCUT2D eigenvalue weighted by molar-refractivity contribution is 5.33. The molecule has 1 saturated heterocycles. The summed E-state index contributed by atoms with van der Waals surface area (Å²) >= 11 is 0. The third-order valence-electron chi connectivity index (χ3n) is 3.83. The van der Waals surface area contributed by atoms with Crippen LogP contribution in [0, 0.1) is 10.1 Å². The molecule has 1 aliphatic rings. The Morgan fingerprint density at radius 3 is 2.39 bits per heavy atom. The van der Waals surface area contributed by atoms with Crippen molar-refractivity contribution in [3.05, 3.63) is 75.8 Å². The summed E-state index contributed by atoms with van der Waals surface area (Å²) in [6.45, 7) is 0.387. The molecule has 1 aliphatic heterocycles. The largest absolute Gasteiger partial charge is 0.376 e. The molecule has 0 aliphatic carbocycles. The summed E-state index contributed by atoms with van der Waals surface area (Å²) in [5.74, 6) is 0. The van der Waals surface area contributed by atoms with E-state index in [1.807, 2.05) is 30.3 Å². The van der Waals surface area contributed by atoms with Crippen LogP contribution < -0.4 is 0 Å². The van der Waals surface area contributed by atoms with E-state index in [0.29, 0.717) is 6.61 Å². The first-order chi connectivity index (χ1) is 11.2. The van der Waals surface area contributed by atoms with Crippen LogP contribution in [-0.2, 0) is 14.2 Å². The van der Waals surface area contributed by atoms with Crippen LogP contribution in [0.3, 0.4) is 0 Å². The van der Waals surface area contributed by atoms with E-state index >= 15 is 0 Å². The third-order valence-corrected chi connectivity index (χ3v) is 3.83. The Balaban J connectivity index is 1.81. The minimum Gasteiger partial charge on any atom is -0.376 e. The van der Waals surface area contributed by atoms with Crippen LogP contribution in [-0.4, -0.2) is 24.7 Å². The second kappa shape index (κ2) is 6.87. The lowest BCUT2D eigenvalue weighted by atomic mass is 10.0. The summed E-state index contributed by atoms with van der Waals surface area (Å²) in [7, 11) is 1.62. The van der Waals surface area contributed by atoms with Gasteiger partial charge in [0.2, 0.25) is 0 Å². The van der Waals surface area contributed by atoms with Gasteiger partial charge in [-0.15, -0.1) is 0 Å². The number of hydrogen-bond acceptors (Lipinski definition) is 5. The monoisotopic (exact) mass is 315 g/mol. The van der Waals surface area contributed by atoms with E-state index in [-0.39, 0.29) is 17.9 Å². The van der Waals surface area contributed by atoms with Crippen molar-refractivity contribution in [1.82, 2.24) is 0 Å². The number of nitro benzene ring substituents is 1. The molecule has 2 aromatic carbocycles. The highest BCUT2D eigenvalue weighted by Gasteiger charge is 2.34. The fraction of sp³-hybridized carbons (Fsp3) is 0.294. The van der Waals surface area contributed by atoms with Gasteiger partial charge in [-0.2, -0.15) is 0 Å². The predicted octanol–water partition coefficient (Wildman–Crippen LogP) is 3.40. The van der Waals surface area contributed by atoms with Gasteiger partial charge in [0.05, 0.1) is 11.5 Å². The van der Waals surface area contributed by atoms with Crippen LogP contribution in [0.2, 0.25) is 0 Å². The van der Waals surface area contributed by atoms with Gasteiger partial charge in [-0.05, 0) is 17.7 Å². The standard InChI is InChI=1S/C17H17NO5/c1-21-15-11-22-17(13-7-9-14(10-8-13)18(19)20)23-16(15)12-5-3-2-4-6-12/h2-10,15-17H,11H2,1H3/t15-,16+,17-/m0/s1. The van der Waals surface area contributed by atoms with Gasteiger partial charge < -0.3 is 14.2 Å². The first-order valence-electron chi connectivity index (χ1n) is 7.28. The minimum atomic E-state index is -0.576. The number of benzene rings is 2. The number of non-ortho nitro benzene ring substituents is 1. The third kappa shape index (κ3) is 3.39. The van der Waals surface area contributed by atoms with E-state index in [0.717, 1.165) is 11.1 Å². The number of rotatable bonds is 4. The maximum Gasteiger partial charge on any atom is 0.269 e. The lowest BCUT2D eigenvalue weighted by Gasteiger charge is -2.36. The van der Waals surface area contributed by atoms with Crippen molar-refractivity contribution in [3.8, 4) is 0 Å². The Kier molecular flexibility index (Phi) is 4.66. The van der Waals surface area contributed by atoms with E-state index < -0.39 is 11.2 Å². The number of hydrogen-bond donors (Lipinski definition) is 0. The maximum absolute atomic E-state index is 10.7. The Labute approximate surface area is 133 Å². The van der Waals surface area contributed by atoms with Crippen molar-refractivity contribution in [1.29, 1.82) is 0 Å². The summed E-state index contributed by atoms with van der Waals surface area (Å²) in [4.78, 5) is 10.3. The Hall–Kier alpha value is -2.28. The van der Waals surface area contributed by atoms with Gasteiger partial charge in [0.15, 0.2) is 6.29 Å². The average Bonchev–Trinajstić information content (AvgIpc) is 2.62. The van der Waals surface area contributed by atoms with Gasteiger partial charge in [-0.25, -0.2) is 0 Å². The topological polar surface area (TPSA) is 70.8 Å². The maximum atomic E-state index is 10.7. The van der Waals surface area contributed by atoms with Crippen LogP contribution >= 0.6 is 0 Å². The summed E-state index contributed by atoms with van der Waals surface area (Å²) in [6, 6.07) is 16.0. The number of ether oxygens (including phenoxy) is 3. The molecule has 120 valence electrons. The second-order valence-electron chi connectivity index (χ2n) is 5.26. The molecule has 1 fully saturated rings. The van der Waals surface area contributed by atoms with Gasteiger partial charge in [0.1, 0.15) is 12.2 Å². The molecular weight excluding hydrogens is 298 g/mol. The van der Waals surface area contributed by atoms with Crippen molar-refractivity contribution in [2.24, 2.45) is 0 Å². The van der Waals surface area contributed by atoms with Crippen molar-refractivity contribution in [2.75, 3.05) is 13.7 Å². The van der Waals surface area contributed by atoms with Crippen molar-refractivity contribution in [2.45, 2.75) is 18.5 Å². The van der Waals surface area contributed by atoms with Crippen molar-refractivity contribution in [3.63, 3.8) is 0 Å². The molecule has 3 rings (SSSR count). The molecular formula is C17H17NO5. The lowest BCUT2D eigenvalue weighted by Crippen LogP contribution is -2.36. The summed E-state index contributed by atoms with van der Waals surface area (Å²) < 4.78 is 17.2. The molecule has 6 nitrogen and oxygen atoms in total. The molecule has 23 heavy (non-hydrogen) atoms. The Morgan fingerprint density at radius 2 is 1.78 bits per heavy atom. The van der Waals surface area contributed by atoms with Gasteiger partial charge in [0, 0.05) is 24.8 Å². The predicted molar refractivity (Wildman–Crippen MR) is 82.9 cm³/mol. The highest BCUT2D eigenvalue weighted by Crippen LogP contribution is 2.36. The van der Waals surface area contributed by atoms with E-state index in [4.69, 9.17) is 14.2 Å². The summed E-state index contributed by atoms with van der Waals surface area (Å²) in [5.41, 5.74) is 1.79. The normalized spacial score (nSPS) is 24.3. The van der Waals surface area contributed by atoms with Crippen LogP contribution in [0.4, 0.5) is 5.69 Å². The molecule has 2 aromatic rings. The quantitative estimate of drug-likeness (QED) is 0.639. The molecule has 1 heterocycles. The lowest BCUT2D eigenvalue weighted by molar-refractivity contribution is -0.384.